The molecule has 5 rings (SSSR count). The van der Waals surface area contributed by atoms with Crippen LogP contribution in [0.5, 0.6) is 0 Å². The summed E-state index contributed by atoms with van der Waals surface area (Å²) in [5.41, 5.74) is 5.87. The van der Waals surface area contributed by atoms with Crippen LogP contribution in [0.4, 0.5) is 5.69 Å². The van der Waals surface area contributed by atoms with Gasteiger partial charge in [0.05, 0.1) is 22.4 Å². The number of nitrogens with one attached hydrogen (secondary N) is 3. The van der Waals surface area contributed by atoms with Crippen molar-refractivity contribution in [1.82, 2.24) is 25.2 Å². The Balaban J connectivity index is 1.19. The first kappa shape index (κ1) is 22.5. The number of amides is 1. The molecule has 0 aromatic carbocycles. The summed E-state index contributed by atoms with van der Waals surface area (Å²) < 4.78 is 0. The van der Waals surface area contributed by atoms with Crippen LogP contribution in [0.25, 0.3) is 11.0 Å². The summed E-state index contributed by atoms with van der Waals surface area (Å²) in [7, 11) is 1.62. The van der Waals surface area contributed by atoms with Crippen molar-refractivity contribution in [3.8, 4) is 0 Å². The highest BCUT2D eigenvalue weighted by Gasteiger charge is 2.40. The van der Waals surface area contributed by atoms with Gasteiger partial charge in [-0.2, -0.15) is 0 Å². The Labute approximate surface area is 199 Å². The standard InChI is InChI=1S/C26H32N6O2/c1-4-17-10-23-24(31-25(17)33)7-16(11-28-23)12-32-13-18-8-20(9-19(18)14-32)30-21-5-6-22(26(34)27-3)29-15(21)2/h5-7,10-11,18-20,30H,4,8-9,12-14H2,1-3H3,(H,27,34)(H,31,33). The third-order valence-electron chi connectivity index (χ3n) is 7.34. The second-order valence-corrected chi connectivity index (χ2v) is 9.69. The van der Waals surface area contributed by atoms with Crippen molar-refractivity contribution in [1.29, 1.82) is 0 Å². The van der Waals surface area contributed by atoms with Crippen LogP contribution in [-0.4, -0.2) is 51.9 Å². The first-order valence-corrected chi connectivity index (χ1v) is 12.1. The topological polar surface area (TPSA) is 103 Å². The summed E-state index contributed by atoms with van der Waals surface area (Å²) >= 11 is 0. The Hall–Kier alpha value is -3.26. The van der Waals surface area contributed by atoms with Gasteiger partial charge in [-0.25, -0.2) is 4.98 Å². The molecular weight excluding hydrogens is 428 g/mol. The molecule has 0 radical (unpaired) electrons. The minimum absolute atomic E-state index is 0.0168. The molecule has 0 spiro atoms. The molecule has 34 heavy (non-hydrogen) atoms. The Bertz CT molecular complexity index is 1270. The lowest BCUT2D eigenvalue weighted by Crippen LogP contribution is -2.25. The quantitative estimate of drug-likeness (QED) is 0.523. The Morgan fingerprint density at radius 3 is 2.65 bits per heavy atom. The predicted molar refractivity (Wildman–Crippen MR) is 133 cm³/mol. The highest BCUT2D eigenvalue weighted by molar-refractivity contribution is 5.92. The molecule has 1 aliphatic carbocycles. The summed E-state index contributed by atoms with van der Waals surface area (Å²) in [6.07, 6.45) is 4.93. The maximum atomic E-state index is 12.2. The van der Waals surface area contributed by atoms with E-state index in [4.69, 9.17) is 0 Å². The van der Waals surface area contributed by atoms with E-state index in [9.17, 15) is 9.59 Å². The van der Waals surface area contributed by atoms with Crippen molar-refractivity contribution < 1.29 is 4.79 Å². The van der Waals surface area contributed by atoms with Crippen molar-refractivity contribution in [2.24, 2.45) is 11.8 Å². The Kier molecular flexibility index (Phi) is 6.08. The van der Waals surface area contributed by atoms with E-state index in [0.29, 0.717) is 30.0 Å². The molecule has 0 bridgehead atoms. The highest BCUT2D eigenvalue weighted by atomic mass is 16.1. The van der Waals surface area contributed by atoms with Crippen molar-refractivity contribution in [2.75, 3.05) is 25.5 Å². The summed E-state index contributed by atoms with van der Waals surface area (Å²) in [5, 5.41) is 6.28. The maximum Gasteiger partial charge on any atom is 0.269 e. The minimum Gasteiger partial charge on any atom is -0.381 e. The second-order valence-electron chi connectivity index (χ2n) is 9.69. The van der Waals surface area contributed by atoms with Gasteiger partial charge in [0, 0.05) is 44.5 Å². The SMILES string of the molecule is CCc1cc2ncc(CN3CC4CC(Nc5ccc(C(=O)NC)nc5C)CC4C3)cc2[nH]c1=O. The lowest BCUT2D eigenvalue weighted by molar-refractivity contribution is 0.0958. The fourth-order valence-corrected chi connectivity index (χ4v) is 5.61. The van der Waals surface area contributed by atoms with Gasteiger partial charge in [-0.1, -0.05) is 6.92 Å². The van der Waals surface area contributed by atoms with E-state index in [1.165, 1.54) is 0 Å². The summed E-state index contributed by atoms with van der Waals surface area (Å²) in [6, 6.07) is 8.14. The summed E-state index contributed by atoms with van der Waals surface area (Å²) in [4.78, 5) is 38.5. The smallest absolute Gasteiger partial charge is 0.269 e. The number of pyridine rings is 3. The molecule has 8 heteroatoms. The van der Waals surface area contributed by atoms with E-state index in [-0.39, 0.29) is 11.5 Å². The third-order valence-corrected chi connectivity index (χ3v) is 7.34. The average molecular weight is 461 g/mol. The average Bonchev–Trinajstić information content (AvgIpc) is 3.37. The number of fused-ring (bicyclic) bond motifs is 2. The van der Waals surface area contributed by atoms with Crippen LogP contribution in [0, 0.1) is 18.8 Å². The molecule has 2 unspecified atom stereocenters. The molecule has 3 aromatic heterocycles. The molecule has 3 aromatic rings. The molecule has 8 nitrogen and oxygen atoms in total. The van der Waals surface area contributed by atoms with Crippen molar-refractivity contribution in [3.05, 3.63) is 63.3 Å². The number of aryl methyl sites for hydroxylation is 2. The van der Waals surface area contributed by atoms with Gasteiger partial charge in [0.25, 0.3) is 11.5 Å². The number of rotatable bonds is 6. The first-order chi connectivity index (χ1) is 16.4. The van der Waals surface area contributed by atoms with E-state index >= 15 is 0 Å². The Morgan fingerprint density at radius 2 is 1.97 bits per heavy atom. The van der Waals surface area contributed by atoms with Gasteiger partial charge in [0.2, 0.25) is 0 Å². The number of carbonyl (C=O) groups excluding carboxylic acids is 1. The van der Waals surface area contributed by atoms with Gasteiger partial charge in [0.1, 0.15) is 5.69 Å². The molecule has 2 aliphatic rings. The zero-order valence-electron chi connectivity index (χ0n) is 20.0. The summed E-state index contributed by atoms with van der Waals surface area (Å²) in [5.74, 6) is 1.19. The van der Waals surface area contributed by atoms with Crippen LogP contribution < -0.4 is 16.2 Å². The summed E-state index contributed by atoms with van der Waals surface area (Å²) in [6.45, 7) is 6.95. The number of H-pyrrole nitrogens is 1. The van der Waals surface area contributed by atoms with E-state index in [1.807, 2.05) is 32.2 Å². The second kappa shape index (κ2) is 9.18. The number of aromatic nitrogens is 3. The first-order valence-electron chi connectivity index (χ1n) is 12.1. The largest absolute Gasteiger partial charge is 0.381 e. The molecular formula is C26H32N6O2. The highest BCUT2D eigenvalue weighted by Crippen LogP contribution is 2.40. The number of hydrogen-bond acceptors (Lipinski definition) is 6. The van der Waals surface area contributed by atoms with Crippen molar-refractivity contribution in [3.63, 3.8) is 0 Å². The van der Waals surface area contributed by atoms with Gasteiger partial charge >= 0.3 is 0 Å². The molecule has 2 fully saturated rings. The third kappa shape index (κ3) is 4.42. The van der Waals surface area contributed by atoms with Crippen LogP contribution >= 0.6 is 0 Å². The van der Waals surface area contributed by atoms with E-state index < -0.39 is 0 Å². The number of aromatic amines is 1. The monoisotopic (exact) mass is 460 g/mol. The van der Waals surface area contributed by atoms with E-state index in [2.05, 4.69) is 36.6 Å². The number of anilines is 1. The predicted octanol–water partition coefficient (Wildman–Crippen LogP) is 2.87. The van der Waals surface area contributed by atoms with Gasteiger partial charge in [-0.3, -0.25) is 19.5 Å². The molecule has 1 amide bonds. The molecule has 178 valence electrons. The molecule has 1 saturated heterocycles. The number of likely N-dealkylation sites (tertiary alicyclic amines) is 1. The van der Waals surface area contributed by atoms with Crippen molar-refractivity contribution >= 4 is 22.6 Å². The molecule has 1 saturated carbocycles. The number of nitrogens with zero attached hydrogens (tertiary/aromatic N) is 3. The molecule has 3 N–H and O–H groups in total. The van der Waals surface area contributed by atoms with Crippen LogP contribution in [0.2, 0.25) is 0 Å². The fourth-order valence-electron chi connectivity index (χ4n) is 5.61. The molecule has 1 aliphatic heterocycles. The molecule has 2 atom stereocenters. The van der Waals surface area contributed by atoms with E-state index in [1.54, 1.807) is 13.1 Å². The van der Waals surface area contributed by atoms with Gasteiger partial charge in [0.15, 0.2) is 0 Å². The lowest BCUT2D eigenvalue weighted by atomic mass is 10.0. The van der Waals surface area contributed by atoms with Crippen LogP contribution in [-0.2, 0) is 13.0 Å². The minimum atomic E-state index is -0.163. The van der Waals surface area contributed by atoms with Crippen LogP contribution in [0.1, 0.15) is 47.1 Å². The fraction of sp³-hybridized carbons (Fsp3) is 0.462. The maximum absolute atomic E-state index is 12.2. The molecule has 4 heterocycles. The van der Waals surface area contributed by atoms with Gasteiger partial charge in [-0.15, -0.1) is 0 Å². The zero-order chi connectivity index (χ0) is 23.8. The normalized spacial score (nSPS) is 22.1. The van der Waals surface area contributed by atoms with Crippen LogP contribution in [0.3, 0.4) is 0 Å². The lowest BCUT2D eigenvalue weighted by Gasteiger charge is -2.21. The van der Waals surface area contributed by atoms with Gasteiger partial charge < -0.3 is 15.6 Å². The van der Waals surface area contributed by atoms with Gasteiger partial charge in [-0.05, 0) is 67.9 Å². The van der Waals surface area contributed by atoms with Crippen LogP contribution in [0.15, 0.2) is 35.3 Å². The Morgan fingerprint density at radius 1 is 1.21 bits per heavy atom. The number of hydrogen-bond donors (Lipinski definition) is 3. The number of carbonyl (C=O) groups is 1. The van der Waals surface area contributed by atoms with E-state index in [0.717, 1.165) is 66.0 Å². The zero-order valence-corrected chi connectivity index (χ0v) is 20.0. The van der Waals surface area contributed by atoms with Crippen molar-refractivity contribution in [2.45, 2.75) is 45.7 Å².